The maximum Gasteiger partial charge on any atom is 0.162 e. The first kappa shape index (κ1) is 5.41. The van der Waals surface area contributed by atoms with Crippen molar-refractivity contribution in [2.75, 3.05) is 6.54 Å². The third-order valence-electron chi connectivity index (χ3n) is 1.22. The molecule has 0 amide bonds. The van der Waals surface area contributed by atoms with Crippen LogP contribution in [-0.2, 0) is 0 Å². The van der Waals surface area contributed by atoms with E-state index in [0.717, 1.165) is 25.8 Å². The molecule has 0 saturated carbocycles. The predicted molar refractivity (Wildman–Crippen MR) is 30.1 cm³/mol. The van der Waals surface area contributed by atoms with Gasteiger partial charge in [0, 0.05) is 13.0 Å². The number of hydrogen-bond acceptors (Lipinski definition) is 2. The lowest BCUT2D eigenvalue weighted by molar-refractivity contribution is 0.313. The van der Waals surface area contributed by atoms with E-state index in [1.165, 1.54) is 0 Å². The summed E-state index contributed by atoms with van der Waals surface area (Å²) in [7, 11) is 0. The van der Waals surface area contributed by atoms with Gasteiger partial charge < -0.3 is 5.21 Å². The van der Waals surface area contributed by atoms with Crippen LogP contribution < -0.4 is 5.32 Å². The predicted octanol–water partition coefficient (Wildman–Crippen LogP) is 0.562. The molecule has 1 heterocycles. The number of rotatable bonds is 0. The second-order valence-corrected chi connectivity index (χ2v) is 1.86. The molecule has 3 heteroatoms. The van der Waals surface area contributed by atoms with Crippen LogP contribution in [0.25, 0.3) is 0 Å². The molecule has 8 heavy (non-hydrogen) atoms. The number of nitrogens with zero attached hydrogens (tertiary/aromatic N) is 2. The summed E-state index contributed by atoms with van der Waals surface area (Å²) in [5, 5.41) is 15.1. The molecule has 1 rings (SSSR count). The molecule has 45 valence electrons. The normalized spacial score (nSPS) is 25.2. The van der Waals surface area contributed by atoms with E-state index >= 15 is 0 Å². The van der Waals surface area contributed by atoms with E-state index < -0.39 is 0 Å². The lowest BCUT2D eigenvalue weighted by Gasteiger charge is -2.09. The largest absolute Gasteiger partial charge is 0.409 e. The minimum atomic E-state index is 0.608. The van der Waals surface area contributed by atoms with E-state index in [-0.39, 0.29) is 0 Å². The summed E-state index contributed by atoms with van der Waals surface area (Å²) in [4.78, 5) is 0. The molecular formula is C5H9N2O. The molecule has 1 fully saturated rings. The van der Waals surface area contributed by atoms with Crippen LogP contribution in [0.3, 0.4) is 0 Å². The Labute approximate surface area is 48.4 Å². The Kier molecular flexibility index (Phi) is 1.72. The van der Waals surface area contributed by atoms with Crippen molar-refractivity contribution in [3.8, 4) is 0 Å². The third kappa shape index (κ3) is 1.12. The van der Waals surface area contributed by atoms with E-state index in [2.05, 4.69) is 10.5 Å². The van der Waals surface area contributed by atoms with Gasteiger partial charge >= 0.3 is 0 Å². The van der Waals surface area contributed by atoms with Crippen molar-refractivity contribution < 1.29 is 5.21 Å². The highest BCUT2D eigenvalue weighted by Crippen LogP contribution is 2.01. The average molecular weight is 113 g/mol. The highest BCUT2D eigenvalue weighted by Gasteiger charge is 2.05. The SMILES string of the molecule is O/N=C1\CCCC[N]1. The molecule has 0 aromatic heterocycles. The van der Waals surface area contributed by atoms with E-state index in [1.807, 2.05) is 0 Å². The van der Waals surface area contributed by atoms with Gasteiger partial charge in [0.2, 0.25) is 0 Å². The van der Waals surface area contributed by atoms with E-state index in [4.69, 9.17) is 5.21 Å². The van der Waals surface area contributed by atoms with Crippen LogP contribution in [0.15, 0.2) is 5.16 Å². The third-order valence-corrected chi connectivity index (χ3v) is 1.22. The second-order valence-electron chi connectivity index (χ2n) is 1.86. The molecule has 1 aliphatic heterocycles. The lowest BCUT2D eigenvalue weighted by Crippen LogP contribution is -2.21. The number of amidine groups is 1. The van der Waals surface area contributed by atoms with E-state index in [1.54, 1.807) is 0 Å². The smallest absolute Gasteiger partial charge is 0.162 e. The molecule has 1 radical (unpaired) electrons. The van der Waals surface area contributed by atoms with Crippen LogP contribution in [0.1, 0.15) is 19.3 Å². The van der Waals surface area contributed by atoms with Gasteiger partial charge in [-0.2, -0.15) is 0 Å². The quantitative estimate of drug-likeness (QED) is 0.362. The number of piperidine rings is 1. The summed E-state index contributed by atoms with van der Waals surface area (Å²) in [5.74, 6) is 0.608. The summed E-state index contributed by atoms with van der Waals surface area (Å²) < 4.78 is 0. The van der Waals surface area contributed by atoms with E-state index in [0.29, 0.717) is 5.84 Å². The van der Waals surface area contributed by atoms with Gasteiger partial charge in [0.15, 0.2) is 5.84 Å². The highest BCUT2D eigenvalue weighted by molar-refractivity contribution is 5.81. The Morgan fingerprint density at radius 3 is 2.75 bits per heavy atom. The maximum absolute atomic E-state index is 8.19. The van der Waals surface area contributed by atoms with Gasteiger partial charge in [0.05, 0.1) is 0 Å². The summed E-state index contributed by atoms with van der Waals surface area (Å²) in [6.45, 7) is 0.833. The second kappa shape index (κ2) is 2.55. The molecule has 0 unspecified atom stereocenters. The van der Waals surface area contributed by atoms with Crippen LogP contribution in [0, 0.1) is 0 Å². The molecule has 0 aromatic rings. The standard InChI is InChI=1S/C5H9N2O/c8-7-5-3-1-2-4-6-5/h8H,1-4H2/b7-5+. The Hall–Kier alpha value is -0.730. The fourth-order valence-corrected chi connectivity index (χ4v) is 0.764. The zero-order valence-electron chi connectivity index (χ0n) is 4.67. The topological polar surface area (TPSA) is 46.7 Å². The van der Waals surface area contributed by atoms with Crippen molar-refractivity contribution in [3.63, 3.8) is 0 Å². The van der Waals surface area contributed by atoms with Gasteiger partial charge in [-0.25, -0.2) is 0 Å². The Bertz CT molecular complexity index is 92.6. The zero-order valence-corrected chi connectivity index (χ0v) is 4.67. The van der Waals surface area contributed by atoms with Crippen LogP contribution in [0.5, 0.6) is 0 Å². The lowest BCUT2D eigenvalue weighted by atomic mass is 10.2. The first-order valence-electron chi connectivity index (χ1n) is 2.82. The Balaban J connectivity index is 2.33. The fourth-order valence-electron chi connectivity index (χ4n) is 0.764. The molecular weight excluding hydrogens is 104 g/mol. The minimum Gasteiger partial charge on any atom is -0.409 e. The number of oxime groups is 1. The number of hydrogen-bond donors (Lipinski definition) is 1. The van der Waals surface area contributed by atoms with Gasteiger partial charge in [-0.3, -0.25) is 5.32 Å². The molecule has 0 spiro atoms. The van der Waals surface area contributed by atoms with Crippen LogP contribution >= 0.6 is 0 Å². The summed E-state index contributed by atoms with van der Waals surface area (Å²) in [6.07, 6.45) is 3.10. The first-order valence-corrected chi connectivity index (χ1v) is 2.82. The van der Waals surface area contributed by atoms with Crippen molar-refractivity contribution in [1.82, 2.24) is 5.32 Å². The van der Waals surface area contributed by atoms with Crippen molar-refractivity contribution >= 4 is 5.84 Å². The van der Waals surface area contributed by atoms with Gasteiger partial charge in [-0.15, -0.1) is 0 Å². The highest BCUT2D eigenvalue weighted by atomic mass is 16.4. The molecule has 0 bridgehead atoms. The van der Waals surface area contributed by atoms with Crippen molar-refractivity contribution in [3.05, 3.63) is 0 Å². The van der Waals surface area contributed by atoms with Gasteiger partial charge in [-0.05, 0) is 12.8 Å². The minimum absolute atomic E-state index is 0.608. The maximum atomic E-state index is 8.19. The molecule has 0 atom stereocenters. The molecule has 3 nitrogen and oxygen atoms in total. The fraction of sp³-hybridized carbons (Fsp3) is 0.800. The van der Waals surface area contributed by atoms with Crippen LogP contribution in [0.2, 0.25) is 0 Å². The molecule has 1 aliphatic rings. The molecule has 1 N–H and O–H groups in total. The summed E-state index contributed by atoms with van der Waals surface area (Å²) >= 11 is 0. The van der Waals surface area contributed by atoms with E-state index in [9.17, 15) is 0 Å². The van der Waals surface area contributed by atoms with Crippen LogP contribution in [-0.4, -0.2) is 17.6 Å². The van der Waals surface area contributed by atoms with Crippen molar-refractivity contribution in [1.29, 1.82) is 0 Å². The monoisotopic (exact) mass is 113 g/mol. The Morgan fingerprint density at radius 2 is 2.38 bits per heavy atom. The summed E-state index contributed by atoms with van der Waals surface area (Å²) in [6, 6.07) is 0. The van der Waals surface area contributed by atoms with Crippen molar-refractivity contribution in [2.45, 2.75) is 19.3 Å². The van der Waals surface area contributed by atoms with Gasteiger partial charge in [0.25, 0.3) is 0 Å². The average Bonchev–Trinajstić information content (AvgIpc) is 1.90. The van der Waals surface area contributed by atoms with Crippen LogP contribution in [0.4, 0.5) is 0 Å². The molecule has 0 aromatic carbocycles. The summed E-state index contributed by atoms with van der Waals surface area (Å²) in [5.41, 5.74) is 0. The molecule has 1 saturated heterocycles. The van der Waals surface area contributed by atoms with Crippen molar-refractivity contribution in [2.24, 2.45) is 5.16 Å². The Morgan fingerprint density at radius 1 is 1.50 bits per heavy atom. The van der Waals surface area contributed by atoms with Gasteiger partial charge in [-0.1, -0.05) is 5.16 Å². The zero-order chi connectivity index (χ0) is 5.82. The van der Waals surface area contributed by atoms with Gasteiger partial charge in [0.1, 0.15) is 0 Å². The molecule has 0 aliphatic carbocycles. The first-order chi connectivity index (χ1) is 3.93.